The number of aliphatic carboxylic acids is 1. The van der Waals surface area contributed by atoms with Gasteiger partial charge in [0, 0.05) is 19.2 Å². The second-order valence-corrected chi connectivity index (χ2v) is 3.96. The number of hydrogen-bond acceptors (Lipinski definition) is 3. The fourth-order valence-electron chi connectivity index (χ4n) is 1.49. The molecule has 0 fully saturated rings. The highest BCUT2D eigenvalue weighted by molar-refractivity contribution is 5.73. The zero-order chi connectivity index (χ0) is 12.0. The van der Waals surface area contributed by atoms with Crippen LogP contribution in [0.5, 0.6) is 0 Å². The number of aryl methyl sites for hydroxylation is 1. The largest absolute Gasteiger partial charge is 0.480 e. The van der Waals surface area contributed by atoms with Crippen molar-refractivity contribution < 1.29 is 9.90 Å². The molecule has 90 valence electrons. The Kier molecular flexibility index (Phi) is 4.98. The van der Waals surface area contributed by atoms with Gasteiger partial charge in [0.15, 0.2) is 0 Å². The smallest absolute Gasteiger partial charge is 0.320 e. The number of unbranched alkanes of at least 4 members (excludes halogenated alkanes) is 2. The monoisotopic (exact) mass is 225 g/mol. The lowest BCUT2D eigenvalue weighted by Crippen LogP contribution is -2.32. The molecule has 1 aromatic heterocycles. The van der Waals surface area contributed by atoms with Crippen molar-refractivity contribution in [2.75, 3.05) is 0 Å². The molecule has 1 atom stereocenters. The van der Waals surface area contributed by atoms with Crippen LogP contribution in [-0.4, -0.2) is 26.7 Å². The third kappa shape index (κ3) is 4.02. The van der Waals surface area contributed by atoms with Gasteiger partial charge in [-0.25, -0.2) is 4.98 Å². The van der Waals surface area contributed by atoms with Gasteiger partial charge in [-0.05, 0) is 6.42 Å². The average Bonchev–Trinajstić information content (AvgIpc) is 2.66. The van der Waals surface area contributed by atoms with Crippen LogP contribution in [0.15, 0.2) is 12.5 Å². The molecule has 0 spiro atoms. The third-order valence-corrected chi connectivity index (χ3v) is 2.45. The summed E-state index contributed by atoms with van der Waals surface area (Å²) in [7, 11) is 0. The Morgan fingerprint density at radius 2 is 2.38 bits per heavy atom. The number of hydrogen-bond donors (Lipinski definition) is 2. The number of aromatic nitrogens is 2. The average molecular weight is 225 g/mol. The summed E-state index contributed by atoms with van der Waals surface area (Å²) in [5.41, 5.74) is 6.17. The van der Waals surface area contributed by atoms with E-state index in [4.69, 9.17) is 10.8 Å². The fraction of sp³-hybridized carbons (Fsp3) is 0.636. The molecule has 0 aromatic carbocycles. The Morgan fingerprint density at radius 3 is 3.00 bits per heavy atom. The minimum Gasteiger partial charge on any atom is -0.480 e. The molecule has 0 aliphatic heterocycles. The molecule has 0 saturated heterocycles. The highest BCUT2D eigenvalue weighted by Gasteiger charge is 2.13. The Labute approximate surface area is 95.3 Å². The summed E-state index contributed by atoms with van der Waals surface area (Å²) < 4.78 is 1.99. The summed E-state index contributed by atoms with van der Waals surface area (Å²) in [5.74, 6) is -0.986. The van der Waals surface area contributed by atoms with E-state index in [0.29, 0.717) is 0 Å². The molecule has 5 heteroatoms. The Balaban J connectivity index is 2.42. The summed E-state index contributed by atoms with van der Waals surface area (Å²) in [6.45, 7) is 3.09. The van der Waals surface area contributed by atoms with E-state index in [-0.39, 0.29) is 6.42 Å². The van der Waals surface area contributed by atoms with Crippen LogP contribution in [0.1, 0.15) is 31.9 Å². The van der Waals surface area contributed by atoms with Gasteiger partial charge < -0.3 is 15.4 Å². The van der Waals surface area contributed by atoms with Gasteiger partial charge in [0.1, 0.15) is 6.04 Å². The van der Waals surface area contributed by atoms with Gasteiger partial charge in [-0.2, -0.15) is 0 Å². The lowest BCUT2D eigenvalue weighted by atomic mass is 10.2. The maximum atomic E-state index is 10.6. The van der Waals surface area contributed by atoms with Crippen molar-refractivity contribution in [3.63, 3.8) is 0 Å². The highest BCUT2D eigenvalue weighted by Crippen LogP contribution is 2.03. The first-order valence-corrected chi connectivity index (χ1v) is 5.62. The SMILES string of the molecule is CCCCCn1cnc(C[C@@H](N)C(=O)O)c1. The molecule has 0 saturated carbocycles. The van der Waals surface area contributed by atoms with E-state index in [1.807, 2.05) is 10.8 Å². The summed E-state index contributed by atoms with van der Waals surface area (Å²) in [4.78, 5) is 14.7. The summed E-state index contributed by atoms with van der Waals surface area (Å²) in [5, 5.41) is 8.66. The van der Waals surface area contributed by atoms with Crippen molar-refractivity contribution in [3.05, 3.63) is 18.2 Å². The molecular weight excluding hydrogens is 206 g/mol. The minimum absolute atomic E-state index is 0.288. The minimum atomic E-state index is -0.986. The van der Waals surface area contributed by atoms with Gasteiger partial charge in [0.2, 0.25) is 0 Å². The Morgan fingerprint density at radius 1 is 1.62 bits per heavy atom. The van der Waals surface area contributed by atoms with E-state index in [9.17, 15) is 4.79 Å². The highest BCUT2D eigenvalue weighted by atomic mass is 16.4. The number of nitrogens with two attached hydrogens (primary N) is 1. The van der Waals surface area contributed by atoms with Crippen molar-refractivity contribution in [2.24, 2.45) is 5.73 Å². The maximum Gasteiger partial charge on any atom is 0.320 e. The van der Waals surface area contributed by atoms with Gasteiger partial charge in [-0.15, -0.1) is 0 Å². The van der Waals surface area contributed by atoms with E-state index < -0.39 is 12.0 Å². The zero-order valence-electron chi connectivity index (χ0n) is 9.59. The van der Waals surface area contributed by atoms with Crippen LogP contribution < -0.4 is 5.73 Å². The fourth-order valence-corrected chi connectivity index (χ4v) is 1.49. The normalized spacial score (nSPS) is 12.6. The number of carboxylic acids is 1. The molecule has 0 unspecified atom stereocenters. The summed E-state index contributed by atoms with van der Waals surface area (Å²) in [6, 6.07) is -0.862. The maximum absolute atomic E-state index is 10.6. The molecular formula is C11H19N3O2. The molecule has 1 aromatic rings. The molecule has 16 heavy (non-hydrogen) atoms. The lowest BCUT2D eigenvalue weighted by molar-refractivity contribution is -0.138. The van der Waals surface area contributed by atoms with Crippen LogP contribution in [0, 0.1) is 0 Å². The lowest BCUT2D eigenvalue weighted by Gasteiger charge is -2.02. The first kappa shape index (κ1) is 12.7. The van der Waals surface area contributed by atoms with E-state index in [1.54, 1.807) is 6.33 Å². The molecule has 0 bridgehead atoms. The quantitative estimate of drug-likeness (QED) is 0.679. The third-order valence-electron chi connectivity index (χ3n) is 2.45. The van der Waals surface area contributed by atoms with Crippen molar-refractivity contribution in [1.29, 1.82) is 0 Å². The van der Waals surface area contributed by atoms with Crippen LogP contribution in [0.4, 0.5) is 0 Å². The van der Waals surface area contributed by atoms with Gasteiger partial charge in [0.25, 0.3) is 0 Å². The number of carbonyl (C=O) groups is 1. The van der Waals surface area contributed by atoms with E-state index in [1.165, 1.54) is 12.8 Å². The number of nitrogens with zero attached hydrogens (tertiary/aromatic N) is 2. The number of rotatable bonds is 7. The van der Waals surface area contributed by atoms with Crippen molar-refractivity contribution in [1.82, 2.24) is 9.55 Å². The molecule has 0 amide bonds. The predicted molar refractivity (Wildman–Crippen MR) is 61.1 cm³/mol. The standard InChI is InChI=1S/C11H19N3O2/c1-2-3-4-5-14-7-9(13-8-14)6-10(12)11(15)16/h7-8,10H,2-6,12H2,1H3,(H,15,16)/t10-/m1/s1. The number of carboxylic acid groups (broad SMARTS) is 1. The van der Waals surface area contributed by atoms with Crippen LogP contribution in [0.25, 0.3) is 0 Å². The Bertz CT molecular complexity index is 336. The second kappa shape index (κ2) is 6.27. The van der Waals surface area contributed by atoms with Crippen LogP contribution in [-0.2, 0) is 17.8 Å². The predicted octanol–water partition coefficient (Wildman–Crippen LogP) is 1.03. The van der Waals surface area contributed by atoms with Gasteiger partial charge >= 0.3 is 5.97 Å². The summed E-state index contributed by atoms with van der Waals surface area (Å²) in [6.07, 6.45) is 7.40. The first-order chi connectivity index (χ1) is 7.63. The van der Waals surface area contributed by atoms with Crippen LogP contribution >= 0.6 is 0 Å². The van der Waals surface area contributed by atoms with Gasteiger partial charge in [0.05, 0.1) is 12.0 Å². The van der Waals surface area contributed by atoms with Crippen LogP contribution in [0.3, 0.4) is 0 Å². The second-order valence-electron chi connectivity index (χ2n) is 3.96. The number of imidazole rings is 1. The first-order valence-electron chi connectivity index (χ1n) is 5.62. The molecule has 5 nitrogen and oxygen atoms in total. The van der Waals surface area contributed by atoms with Gasteiger partial charge in [-0.3, -0.25) is 4.79 Å². The molecule has 0 aliphatic rings. The molecule has 0 aliphatic carbocycles. The summed E-state index contributed by atoms with van der Waals surface area (Å²) >= 11 is 0. The Hall–Kier alpha value is -1.36. The van der Waals surface area contributed by atoms with E-state index in [0.717, 1.165) is 18.7 Å². The van der Waals surface area contributed by atoms with Crippen molar-refractivity contribution in [2.45, 2.75) is 45.2 Å². The molecule has 1 heterocycles. The topological polar surface area (TPSA) is 81.1 Å². The van der Waals surface area contributed by atoms with Gasteiger partial charge in [-0.1, -0.05) is 19.8 Å². The molecule has 0 radical (unpaired) electrons. The van der Waals surface area contributed by atoms with Crippen LogP contribution in [0.2, 0.25) is 0 Å². The van der Waals surface area contributed by atoms with Crippen molar-refractivity contribution >= 4 is 5.97 Å². The van der Waals surface area contributed by atoms with E-state index in [2.05, 4.69) is 11.9 Å². The van der Waals surface area contributed by atoms with Crippen molar-refractivity contribution in [3.8, 4) is 0 Å². The molecule has 3 N–H and O–H groups in total. The van der Waals surface area contributed by atoms with E-state index >= 15 is 0 Å². The zero-order valence-corrected chi connectivity index (χ0v) is 9.59. The molecule has 1 rings (SSSR count).